The van der Waals surface area contributed by atoms with Crippen molar-refractivity contribution in [1.29, 1.82) is 0 Å². The standard InChI is InChI=1S/C14H15ClN2O4S2/c1-10-2-5-12(15)8-14(10)23(20,21)17-9-11-3-6-13(7-4-11)22(16,18)19/h2-8,17H,9H2,1H3,(H2,16,18,19). The highest BCUT2D eigenvalue weighted by atomic mass is 35.5. The number of sulfonamides is 2. The Hall–Kier alpha value is -1.45. The van der Waals surface area contributed by atoms with E-state index in [2.05, 4.69) is 4.72 Å². The van der Waals surface area contributed by atoms with Crippen LogP contribution in [0.25, 0.3) is 0 Å². The van der Waals surface area contributed by atoms with Crippen LogP contribution in [0.5, 0.6) is 0 Å². The van der Waals surface area contributed by atoms with E-state index in [1.165, 1.54) is 30.3 Å². The largest absolute Gasteiger partial charge is 0.241 e. The molecule has 0 radical (unpaired) electrons. The van der Waals surface area contributed by atoms with Gasteiger partial charge in [0.05, 0.1) is 9.79 Å². The summed E-state index contributed by atoms with van der Waals surface area (Å²) in [6, 6.07) is 10.2. The Morgan fingerprint density at radius 1 is 1.04 bits per heavy atom. The first-order valence-electron chi connectivity index (χ1n) is 6.47. The number of hydrogen-bond donors (Lipinski definition) is 2. The third-order valence-electron chi connectivity index (χ3n) is 3.16. The van der Waals surface area contributed by atoms with E-state index in [1.54, 1.807) is 19.1 Å². The molecule has 0 aromatic heterocycles. The number of nitrogens with two attached hydrogens (primary N) is 1. The molecule has 0 spiro atoms. The van der Waals surface area contributed by atoms with E-state index >= 15 is 0 Å². The minimum absolute atomic E-state index is 0.0131. The van der Waals surface area contributed by atoms with E-state index in [9.17, 15) is 16.8 Å². The lowest BCUT2D eigenvalue weighted by molar-refractivity contribution is 0.580. The van der Waals surface area contributed by atoms with Gasteiger partial charge in [-0.1, -0.05) is 29.8 Å². The minimum atomic E-state index is -3.77. The number of aryl methyl sites for hydroxylation is 1. The number of benzene rings is 2. The molecule has 124 valence electrons. The molecule has 0 saturated heterocycles. The van der Waals surface area contributed by atoms with Gasteiger partial charge in [0.25, 0.3) is 0 Å². The molecule has 2 aromatic rings. The fraction of sp³-hybridized carbons (Fsp3) is 0.143. The second kappa shape index (κ2) is 6.58. The fourth-order valence-corrected chi connectivity index (χ4v) is 3.95. The van der Waals surface area contributed by atoms with Gasteiger partial charge in [0.1, 0.15) is 0 Å². The van der Waals surface area contributed by atoms with Gasteiger partial charge >= 0.3 is 0 Å². The first-order valence-corrected chi connectivity index (χ1v) is 9.88. The van der Waals surface area contributed by atoms with Crippen LogP contribution in [0.4, 0.5) is 0 Å². The number of halogens is 1. The number of rotatable bonds is 5. The highest BCUT2D eigenvalue weighted by molar-refractivity contribution is 7.89. The highest BCUT2D eigenvalue weighted by Crippen LogP contribution is 2.20. The summed E-state index contributed by atoms with van der Waals surface area (Å²) >= 11 is 5.84. The van der Waals surface area contributed by atoms with E-state index in [4.69, 9.17) is 16.7 Å². The maximum Gasteiger partial charge on any atom is 0.241 e. The molecule has 0 aliphatic heterocycles. The van der Waals surface area contributed by atoms with Crippen LogP contribution in [-0.2, 0) is 26.6 Å². The lowest BCUT2D eigenvalue weighted by Crippen LogP contribution is -2.24. The van der Waals surface area contributed by atoms with Crippen molar-refractivity contribution in [2.24, 2.45) is 5.14 Å². The van der Waals surface area contributed by atoms with Crippen LogP contribution in [0, 0.1) is 6.92 Å². The van der Waals surface area contributed by atoms with Crippen molar-refractivity contribution in [3.05, 3.63) is 58.6 Å². The van der Waals surface area contributed by atoms with Gasteiger partial charge in [0, 0.05) is 11.6 Å². The first kappa shape index (κ1) is 17.9. The Labute approximate surface area is 140 Å². The smallest absolute Gasteiger partial charge is 0.225 e. The van der Waals surface area contributed by atoms with Crippen molar-refractivity contribution in [2.75, 3.05) is 0 Å². The zero-order valence-electron chi connectivity index (χ0n) is 12.2. The van der Waals surface area contributed by atoms with Gasteiger partial charge < -0.3 is 0 Å². The molecule has 0 amide bonds. The predicted octanol–water partition coefficient (Wildman–Crippen LogP) is 1.77. The van der Waals surface area contributed by atoms with Crippen LogP contribution < -0.4 is 9.86 Å². The Kier molecular flexibility index (Phi) is 5.12. The molecule has 0 aliphatic rings. The van der Waals surface area contributed by atoms with Gasteiger partial charge in [-0.05, 0) is 42.3 Å². The molecule has 6 nitrogen and oxygen atoms in total. The summed E-state index contributed by atoms with van der Waals surface area (Å²) in [5, 5.41) is 5.33. The van der Waals surface area contributed by atoms with Crippen LogP contribution in [0.3, 0.4) is 0 Å². The highest BCUT2D eigenvalue weighted by Gasteiger charge is 2.17. The zero-order chi connectivity index (χ0) is 17.3. The second-order valence-corrected chi connectivity index (χ2v) is 8.66. The van der Waals surface area contributed by atoms with Gasteiger partial charge in [-0.15, -0.1) is 0 Å². The molecule has 0 fully saturated rings. The monoisotopic (exact) mass is 374 g/mol. The van der Waals surface area contributed by atoms with Gasteiger partial charge in [-0.3, -0.25) is 0 Å². The van der Waals surface area contributed by atoms with Crippen molar-refractivity contribution in [3.63, 3.8) is 0 Å². The Bertz CT molecular complexity index is 924. The third kappa shape index (κ3) is 4.52. The molecular formula is C14H15ClN2O4S2. The molecule has 0 bridgehead atoms. The van der Waals surface area contributed by atoms with Crippen molar-refractivity contribution < 1.29 is 16.8 Å². The van der Waals surface area contributed by atoms with Gasteiger partial charge in [-0.25, -0.2) is 26.7 Å². The molecule has 2 rings (SSSR count). The molecule has 23 heavy (non-hydrogen) atoms. The maximum absolute atomic E-state index is 12.3. The number of primary sulfonamides is 1. The maximum atomic E-state index is 12.3. The summed E-state index contributed by atoms with van der Waals surface area (Å²) in [6.45, 7) is 1.69. The Morgan fingerprint density at radius 3 is 2.22 bits per heavy atom. The van der Waals surface area contributed by atoms with Crippen molar-refractivity contribution in [1.82, 2.24) is 4.72 Å². The Morgan fingerprint density at radius 2 is 1.65 bits per heavy atom. The van der Waals surface area contributed by atoms with Crippen molar-refractivity contribution in [3.8, 4) is 0 Å². The normalized spacial score (nSPS) is 12.3. The van der Waals surface area contributed by atoms with Gasteiger partial charge in [0.15, 0.2) is 0 Å². The molecule has 2 aromatic carbocycles. The minimum Gasteiger partial charge on any atom is -0.225 e. The average molecular weight is 375 g/mol. The van der Waals surface area contributed by atoms with Crippen LogP contribution >= 0.6 is 11.6 Å². The molecule has 3 N–H and O–H groups in total. The zero-order valence-corrected chi connectivity index (χ0v) is 14.5. The second-order valence-electron chi connectivity index (χ2n) is 4.92. The lowest BCUT2D eigenvalue weighted by Gasteiger charge is -2.10. The van der Waals surface area contributed by atoms with E-state index < -0.39 is 20.0 Å². The molecular weight excluding hydrogens is 360 g/mol. The van der Waals surface area contributed by atoms with Gasteiger partial charge in [-0.2, -0.15) is 0 Å². The number of nitrogens with one attached hydrogen (secondary N) is 1. The molecule has 0 atom stereocenters. The summed E-state index contributed by atoms with van der Waals surface area (Å²) in [6.07, 6.45) is 0. The molecule has 0 aliphatic carbocycles. The van der Waals surface area contributed by atoms with Crippen LogP contribution in [0.2, 0.25) is 5.02 Å². The predicted molar refractivity (Wildman–Crippen MR) is 88.0 cm³/mol. The van der Waals surface area contributed by atoms with Crippen molar-refractivity contribution >= 4 is 31.6 Å². The average Bonchev–Trinajstić information content (AvgIpc) is 2.47. The molecule has 0 unspecified atom stereocenters. The Balaban J connectivity index is 2.18. The summed E-state index contributed by atoms with van der Waals surface area (Å²) in [4.78, 5) is 0.0703. The molecule has 9 heteroatoms. The topological polar surface area (TPSA) is 106 Å². The van der Waals surface area contributed by atoms with Crippen LogP contribution in [-0.4, -0.2) is 16.8 Å². The molecule has 0 saturated carbocycles. The van der Waals surface area contributed by atoms with E-state index in [0.29, 0.717) is 16.1 Å². The van der Waals surface area contributed by atoms with Crippen molar-refractivity contribution in [2.45, 2.75) is 23.3 Å². The quantitative estimate of drug-likeness (QED) is 0.831. The summed E-state index contributed by atoms with van der Waals surface area (Å²) < 4.78 is 49.4. The number of hydrogen-bond acceptors (Lipinski definition) is 4. The van der Waals surface area contributed by atoms with Crippen LogP contribution in [0.15, 0.2) is 52.3 Å². The van der Waals surface area contributed by atoms with E-state index in [-0.39, 0.29) is 16.3 Å². The summed E-state index contributed by atoms with van der Waals surface area (Å²) in [5.74, 6) is 0. The van der Waals surface area contributed by atoms with E-state index in [1.807, 2.05) is 0 Å². The summed E-state index contributed by atoms with van der Waals surface area (Å²) in [5.41, 5.74) is 1.17. The third-order valence-corrected chi connectivity index (χ3v) is 5.87. The van der Waals surface area contributed by atoms with Gasteiger partial charge in [0.2, 0.25) is 20.0 Å². The first-order chi connectivity index (χ1) is 10.6. The lowest BCUT2D eigenvalue weighted by atomic mass is 10.2. The fourth-order valence-electron chi connectivity index (χ4n) is 1.92. The molecule has 0 heterocycles. The van der Waals surface area contributed by atoms with E-state index in [0.717, 1.165) is 0 Å². The SMILES string of the molecule is Cc1ccc(Cl)cc1S(=O)(=O)NCc1ccc(S(N)(=O)=O)cc1. The summed E-state index contributed by atoms with van der Waals surface area (Å²) in [7, 11) is -7.50. The van der Waals surface area contributed by atoms with Crippen LogP contribution in [0.1, 0.15) is 11.1 Å².